The molecule has 2 aliphatic heterocycles. The number of amides is 1. The van der Waals surface area contributed by atoms with Crippen molar-refractivity contribution in [2.24, 2.45) is 5.92 Å². The molecule has 0 bridgehead atoms. The predicted octanol–water partition coefficient (Wildman–Crippen LogP) is 0.587. The Bertz CT molecular complexity index is 251. The maximum Gasteiger partial charge on any atom is 0.237 e. The molecule has 2 fully saturated rings. The van der Waals surface area contributed by atoms with E-state index in [0.29, 0.717) is 5.92 Å². The second-order valence-corrected chi connectivity index (χ2v) is 5.39. The lowest BCUT2D eigenvalue weighted by Crippen LogP contribution is -2.43. The minimum absolute atomic E-state index is 0.0433. The summed E-state index contributed by atoms with van der Waals surface area (Å²) in [6.07, 6.45) is 4.88. The van der Waals surface area contributed by atoms with Crippen LogP contribution in [-0.2, 0) is 4.79 Å². The summed E-state index contributed by atoms with van der Waals surface area (Å²) in [7, 11) is 0. The molecule has 0 spiro atoms. The van der Waals surface area contributed by atoms with E-state index in [-0.39, 0.29) is 11.9 Å². The Morgan fingerprint density at radius 2 is 2.18 bits per heavy atom. The normalized spacial score (nSPS) is 29.7. The molecule has 2 rings (SSSR count). The summed E-state index contributed by atoms with van der Waals surface area (Å²) < 4.78 is 0. The van der Waals surface area contributed by atoms with Gasteiger partial charge < -0.3 is 15.5 Å². The molecule has 2 atom stereocenters. The molecule has 2 saturated heterocycles. The molecule has 1 amide bonds. The first-order valence-corrected chi connectivity index (χ1v) is 7.01. The second-order valence-electron chi connectivity index (χ2n) is 5.39. The molecular formula is C13H25N3O. The number of hydrogen-bond donors (Lipinski definition) is 2. The van der Waals surface area contributed by atoms with Gasteiger partial charge in [0.2, 0.25) is 5.91 Å². The molecule has 0 aromatic rings. The lowest BCUT2D eigenvalue weighted by Gasteiger charge is -2.17. The van der Waals surface area contributed by atoms with Gasteiger partial charge >= 0.3 is 0 Å². The van der Waals surface area contributed by atoms with E-state index in [1.165, 1.54) is 25.9 Å². The third-order valence-corrected chi connectivity index (χ3v) is 3.96. The van der Waals surface area contributed by atoms with Crippen molar-refractivity contribution in [1.82, 2.24) is 15.5 Å². The second kappa shape index (κ2) is 6.36. The lowest BCUT2D eigenvalue weighted by atomic mass is 10.0. The van der Waals surface area contributed by atoms with Crippen molar-refractivity contribution >= 4 is 5.91 Å². The third kappa shape index (κ3) is 3.68. The molecule has 0 saturated carbocycles. The fraction of sp³-hybridized carbons (Fsp3) is 0.923. The number of carbonyl (C=O) groups is 1. The number of hydrogen-bond acceptors (Lipinski definition) is 3. The van der Waals surface area contributed by atoms with Crippen LogP contribution >= 0.6 is 0 Å². The van der Waals surface area contributed by atoms with Gasteiger partial charge in [0.1, 0.15) is 0 Å². The van der Waals surface area contributed by atoms with Crippen LogP contribution in [0.15, 0.2) is 0 Å². The van der Waals surface area contributed by atoms with Crippen LogP contribution in [0.3, 0.4) is 0 Å². The summed E-state index contributed by atoms with van der Waals surface area (Å²) in [6.45, 7) is 7.57. The van der Waals surface area contributed by atoms with Crippen LogP contribution in [-0.4, -0.2) is 49.6 Å². The van der Waals surface area contributed by atoms with Gasteiger partial charge in [0, 0.05) is 6.54 Å². The van der Waals surface area contributed by atoms with E-state index >= 15 is 0 Å². The average Bonchev–Trinajstić information content (AvgIpc) is 2.95. The minimum atomic E-state index is 0.0433. The monoisotopic (exact) mass is 239 g/mol. The van der Waals surface area contributed by atoms with Gasteiger partial charge in [-0.25, -0.2) is 0 Å². The topological polar surface area (TPSA) is 44.4 Å². The van der Waals surface area contributed by atoms with Gasteiger partial charge in [-0.2, -0.15) is 0 Å². The van der Waals surface area contributed by atoms with Crippen LogP contribution in [0.4, 0.5) is 0 Å². The summed E-state index contributed by atoms with van der Waals surface area (Å²) >= 11 is 0. The van der Waals surface area contributed by atoms with Crippen LogP contribution < -0.4 is 10.6 Å². The third-order valence-electron chi connectivity index (χ3n) is 3.96. The molecule has 0 radical (unpaired) electrons. The van der Waals surface area contributed by atoms with Crippen LogP contribution in [0.25, 0.3) is 0 Å². The summed E-state index contributed by atoms with van der Waals surface area (Å²) in [5.74, 6) is 0.671. The number of likely N-dealkylation sites (tertiary alicyclic amines) is 1. The Labute approximate surface area is 104 Å². The van der Waals surface area contributed by atoms with Crippen molar-refractivity contribution in [2.75, 3.05) is 32.7 Å². The Hall–Kier alpha value is -0.610. The van der Waals surface area contributed by atoms with Gasteiger partial charge in [0.15, 0.2) is 0 Å². The molecule has 2 aliphatic rings. The predicted molar refractivity (Wildman–Crippen MR) is 68.9 cm³/mol. The van der Waals surface area contributed by atoms with Gasteiger partial charge in [0.25, 0.3) is 0 Å². The van der Waals surface area contributed by atoms with Gasteiger partial charge in [-0.15, -0.1) is 0 Å². The van der Waals surface area contributed by atoms with Crippen LogP contribution in [0.2, 0.25) is 0 Å². The van der Waals surface area contributed by atoms with E-state index in [9.17, 15) is 4.79 Å². The zero-order valence-electron chi connectivity index (χ0n) is 10.9. The van der Waals surface area contributed by atoms with Crippen molar-refractivity contribution in [1.29, 1.82) is 0 Å². The first-order valence-electron chi connectivity index (χ1n) is 7.01. The van der Waals surface area contributed by atoms with Gasteiger partial charge in [-0.3, -0.25) is 4.79 Å². The fourth-order valence-corrected chi connectivity index (χ4v) is 2.82. The van der Waals surface area contributed by atoms with Crippen molar-refractivity contribution < 1.29 is 4.79 Å². The maximum absolute atomic E-state index is 11.9. The Morgan fingerprint density at radius 1 is 1.41 bits per heavy atom. The van der Waals surface area contributed by atoms with Crippen molar-refractivity contribution in [3.63, 3.8) is 0 Å². The zero-order chi connectivity index (χ0) is 12.1. The standard InChI is InChI=1S/C13H25N3O/c1-11-5-7-14-12(11)13(17)15-6-4-10-16-8-2-3-9-16/h11-12,14H,2-10H2,1H3,(H,15,17). The molecule has 0 aromatic carbocycles. The summed E-state index contributed by atoms with van der Waals surface area (Å²) in [6, 6.07) is 0.0433. The van der Waals surface area contributed by atoms with Gasteiger partial charge in [0.05, 0.1) is 6.04 Å². The van der Waals surface area contributed by atoms with Gasteiger partial charge in [-0.05, 0) is 57.8 Å². The summed E-state index contributed by atoms with van der Waals surface area (Å²) in [5.41, 5.74) is 0. The van der Waals surface area contributed by atoms with E-state index in [2.05, 4.69) is 22.5 Å². The number of nitrogens with one attached hydrogen (secondary N) is 2. The molecule has 2 heterocycles. The highest BCUT2D eigenvalue weighted by Crippen LogP contribution is 2.14. The average molecular weight is 239 g/mol. The number of rotatable bonds is 5. The molecule has 0 aromatic heterocycles. The van der Waals surface area contributed by atoms with Crippen molar-refractivity contribution in [2.45, 2.75) is 38.6 Å². The first-order chi connectivity index (χ1) is 8.27. The molecule has 98 valence electrons. The molecule has 4 nitrogen and oxygen atoms in total. The van der Waals surface area contributed by atoms with E-state index in [4.69, 9.17) is 0 Å². The summed E-state index contributed by atoms with van der Waals surface area (Å²) in [5, 5.41) is 6.32. The van der Waals surface area contributed by atoms with E-state index < -0.39 is 0 Å². The first kappa shape index (κ1) is 12.8. The number of nitrogens with zero attached hydrogens (tertiary/aromatic N) is 1. The Morgan fingerprint density at radius 3 is 2.82 bits per heavy atom. The molecule has 17 heavy (non-hydrogen) atoms. The Kier molecular flexibility index (Phi) is 4.80. The fourth-order valence-electron chi connectivity index (χ4n) is 2.82. The van der Waals surface area contributed by atoms with E-state index in [0.717, 1.165) is 32.5 Å². The molecule has 2 unspecified atom stereocenters. The smallest absolute Gasteiger partial charge is 0.237 e. The van der Waals surface area contributed by atoms with E-state index in [1.54, 1.807) is 0 Å². The molecule has 2 N–H and O–H groups in total. The maximum atomic E-state index is 11.9. The minimum Gasteiger partial charge on any atom is -0.355 e. The highest BCUT2D eigenvalue weighted by Gasteiger charge is 2.28. The Balaban J connectivity index is 1.56. The molecular weight excluding hydrogens is 214 g/mol. The largest absolute Gasteiger partial charge is 0.355 e. The van der Waals surface area contributed by atoms with Crippen LogP contribution in [0.5, 0.6) is 0 Å². The molecule has 4 heteroatoms. The quantitative estimate of drug-likeness (QED) is 0.690. The van der Waals surface area contributed by atoms with Crippen molar-refractivity contribution in [3.8, 4) is 0 Å². The van der Waals surface area contributed by atoms with Crippen molar-refractivity contribution in [3.05, 3.63) is 0 Å². The summed E-state index contributed by atoms with van der Waals surface area (Å²) in [4.78, 5) is 14.4. The van der Waals surface area contributed by atoms with Gasteiger partial charge in [-0.1, -0.05) is 6.92 Å². The number of carbonyl (C=O) groups excluding carboxylic acids is 1. The van der Waals surface area contributed by atoms with Crippen LogP contribution in [0, 0.1) is 5.92 Å². The SMILES string of the molecule is CC1CCNC1C(=O)NCCCN1CCCC1. The molecule has 0 aliphatic carbocycles. The zero-order valence-corrected chi connectivity index (χ0v) is 10.9. The lowest BCUT2D eigenvalue weighted by molar-refractivity contribution is -0.123. The van der Waals surface area contributed by atoms with E-state index in [1.807, 2.05) is 0 Å². The van der Waals surface area contributed by atoms with Crippen LogP contribution in [0.1, 0.15) is 32.6 Å². The highest BCUT2D eigenvalue weighted by molar-refractivity contribution is 5.82. The highest BCUT2D eigenvalue weighted by atomic mass is 16.2.